The quantitative estimate of drug-likeness (QED) is 0.565. The van der Waals surface area contributed by atoms with Crippen molar-refractivity contribution in [2.45, 2.75) is 18.0 Å². The van der Waals surface area contributed by atoms with E-state index < -0.39 is 0 Å². The van der Waals surface area contributed by atoms with Gasteiger partial charge < -0.3 is 9.64 Å². The third-order valence-corrected chi connectivity index (χ3v) is 3.16. The van der Waals surface area contributed by atoms with E-state index >= 15 is 0 Å². The van der Waals surface area contributed by atoms with E-state index in [1.165, 1.54) is 5.69 Å². The Hall–Kier alpha value is -0.540. The van der Waals surface area contributed by atoms with E-state index in [0.717, 1.165) is 13.2 Å². The molecule has 0 saturated carbocycles. The monoisotopic (exact) mass is 255 g/mol. The van der Waals surface area contributed by atoms with E-state index in [1.54, 1.807) is 0 Å². The molecule has 0 aliphatic carbocycles. The normalized spacial score (nSPS) is 27.7. The lowest BCUT2D eigenvalue weighted by molar-refractivity contribution is 0.0481. The topological polar surface area (TPSA) is 12.5 Å². The molecule has 1 heterocycles. The first-order valence-electron chi connectivity index (χ1n) is 4.85. The van der Waals surface area contributed by atoms with Crippen LogP contribution in [0.3, 0.4) is 0 Å². The first-order valence-corrected chi connectivity index (χ1v) is 5.76. The largest absolute Gasteiger partial charge is 0.374 e. The second-order valence-corrected chi connectivity index (χ2v) is 4.62. The minimum Gasteiger partial charge on any atom is -0.374 e. The molecule has 14 heavy (non-hydrogen) atoms. The number of para-hydroxylation sites is 1. The highest BCUT2D eigenvalue weighted by molar-refractivity contribution is 9.09. The Balaban J connectivity index is 2.16. The lowest BCUT2D eigenvalue weighted by Gasteiger charge is -2.37. The number of halogens is 1. The fourth-order valence-electron chi connectivity index (χ4n) is 1.66. The predicted molar refractivity (Wildman–Crippen MR) is 61.9 cm³/mol. The van der Waals surface area contributed by atoms with Crippen LogP contribution in [-0.4, -0.2) is 24.2 Å². The van der Waals surface area contributed by atoms with Gasteiger partial charge in [0.25, 0.3) is 0 Å². The van der Waals surface area contributed by atoms with Gasteiger partial charge in [-0.15, -0.1) is 0 Å². The molecule has 0 N–H and O–H groups in total. The van der Waals surface area contributed by atoms with E-state index in [9.17, 15) is 0 Å². The number of alkyl halides is 1. The second-order valence-electron chi connectivity index (χ2n) is 3.57. The van der Waals surface area contributed by atoms with E-state index in [-0.39, 0.29) is 0 Å². The molecule has 1 aromatic carbocycles. The van der Waals surface area contributed by atoms with Gasteiger partial charge in [-0.25, -0.2) is 0 Å². The maximum Gasteiger partial charge on any atom is 0.108 e. The molecule has 2 atom stereocenters. The first kappa shape index (κ1) is 9.99. The van der Waals surface area contributed by atoms with Crippen LogP contribution < -0.4 is 4.90 Å². The molecule has 0 bridgehead atoms. The van der Waals surface area contributed by atoms with Gasteiger partial charge in [0, 0.05) is 12.2 Å². The van der Waals surface area contributed by atoms with Gasteiger partial charge in [0.2, 0.25) is 0 Å². The third-order valence-electron chi connectivity index (χ3n) is 2.40. The molecular weight excluding hydrogens is 242 g/mol. The molecule has 1 fully saturated rings. The molecule has 0 radical (unpaired) electrons. The Kier molecular flexibility index (Phi) is 3.08. The van der Waals surface area contributed by atoms with Gasteiger partial charge >= 0.3 is 0 Å². The summed E-state index contributed by atoms with van der Waals surface area (Å²) < 4.78 is 5.55. The van der Waals surface area contributed by atoms with E-state index in [0.29, 0.717) is 11.1 Å². The fourth-order valence-corrected chi connectivity index (χ4v) is 2.22. The van der Waals surface area contributed by atoms with Crippen molar-refractivity contribution < 1.29 is 4.74 Å². The Labute approximate surface area is 93.0 Å². The number of rotatable bonds is 1. The van der Waals surface area contributed by atoms with E-state index in [2.05, 4.69) is 52.0 Å². The van der Waals surface area contributed by atoms with Crippen LogP contribution in [-0.2, 0) is 4.74 Å². The van der Waals surface area contributed by atoms with Crippen molar-refractivity contribution in [1.29, 1.82) is 0 Å². The van der Waals surface area contributed by atoms with Gasteiger partial charge in [0.1, 0.15) is 4.95 Å². The molecule has 0 amide bonds. The summed E-state index contributed by atoms with van der Waals surface area (Å²) in [7, 11) is 0. The number of hydrogen-bond acceptors (Lipinski definition) is 2. The molecule has 2 nitrogen and oxygen atoms in total. The molecule has 2 rings (SSSR count). The van der Waals surface area contributed by atoms with Gasteiger partial charge in [-0.05, 0) is 19.1 Å². The van der Waals surface area contributed by atoms with Crippen molar-refractivity contribution in [2.75, 3.05) is 18.1 Å². The highest BCUT2D eigenvalue weighted by Gasteiger charge is 2.24. The molecular formula is C11H14BrNO. The highest BCUT2D eigenvalue weighted by atomic mass is 79.9. The van der Waals surface area contributed by atoms with Gasteiger partial charge in [0.05, 0.1) is 12.7 Å². The summed E-state index contributed by atoms with van der Waals surface area (Å²) in [5.74, 6) is 0. The predicted octanol–water partition coefficient (Wildman–Crippen LogP) is 2.63. The van der Waals surface area contributed by atoms with Gasteiger partial charge in [-0.3, -0.25) is 0 Å². The third kappa shape index (κ3) is 2.10. The standard InChI is InChI=1S/C11H14BrNO/c1-9-7-13(11(12)8-14-9)10-5-3-2-4-6-10/h2-6,9,11H,7-8H2,1H3. The fraction of sp³-hybridized carbons (Fsp3) is 0.455. The molecule has 0 spiro atoms. The summed E-state index contributed by atoms with van der Waals surface area (Å²) in [6, 6.07) is 10.4. The molecule has 3 heteroatoms. The lowest BCUT2D eigenvalue weighted by atomic mass is 10.2. The van der Waals surface area contributed by atoms with E-state index in [4.69, 9.17) is 4.74 Å². The van der Waals surface area contributed by atoms with Crippen LogP contribution in [0.4, 0.5) is 5.69 Å². The number of hydrogen-bond donors (Lipinski definition) is 0. The molecule has 1 aliphatic rings. The minimum atomic E-state index is 0.293. The number of anilines is 1. The van der Waals surface area contributed by atoms with Gasteiger partial charge in [-0.1, -0.05) is 34.1 Å². The number of benzene rings is 1. The maximum absolute atomic E-state index is 5.55. The van der Waals surface area contributed by atoms with Gasteiger partial charge in [0.15, 0.2) is 0 Å². The van der Waals surface area contributed by atoms with Crippen LogP contribution in [0, 0.1) is 0 Å². The van der Waals surface area contributed by atoms with Crippen molar-refractivity contribution in [3.05, 3.63) is 30.3 Å². The number of morpholine rings is 1. The molecule has 1 aliphatic heterocycles. The van der Waals surface area contributed by atoms with Crippen LogP contribution in [0.25, 0.3) is 0 Å². The first-order chi connectivity index (χ1) is 6.77. The molecule has 1 saturated heterocycles. The Bertz CT molecular complexity index is 291. The minimum absolute atomic E-state index is 0.293. The van der Waals surface area contributed by atoms with Crippen molar-refractivity contribution in [3.63, 3.8) is 0 Å². The summed E-state index contributed by atoms with van der Waals surface area (Å²) >= 11 is 3.62. The average Bonchev–Trinajstić information content (AvgIpc) is 2.23. The van der Waals surface area contributed by atoms with Crippen LogP contribution in [0.5, 0.6) is 0 Å². The van der Waals surface area contributed by atoms with Crippen LogP contribution in [0.2, 0.25) is 0 Å². The summed E-state index contributed by atoms with van der Waals surface area (Å²) in [4.78, 5) is 2.62. The zero-order valence-corrected chi connectivity index (χ0v) is 9.78. The molecule has 1 aromatic rings. The van der Waals surface area contributed by atoms with Crippen molar-refractivity contribution in [2.24, 2.45) is 0 Å². The molecule has 0 aromatic heterocycles. The maximum atomic E-state index is 5.55. The van der Waals surface area contributed by atoms with Gasteiger partial charge in [-0.2, -0.15) is 0 Å². The second kappa shape index (κ2) is 4.32. The summed E-state index contributed by atoms with van der Waals surface area (Å²) in [5.41, 5.74) is 1.25. The average molecular weight is 256 g/mol. The van der Waals surface area contributed by atoms with Crippen molar-refractivity contribution in [1.82, 2.24) is 0 Å². The SMILES string of the molecule is CC1CN(c2ccccc2)C(Br)CO1. The summed E-state index contributed by atoms with van der Waals surface area (Å²) in [6.07, 6.45) is 0.309. The zero-order chi connectivity index (χ0) is 9.97. The van der Waals surface area contributed by atoms with Crippen LogP contribution >= 0.6 is 15.9 Å². The number of nitrogens with zero attached hydrogens (tertiary/aromatic N) is 1. The van der Waals surface area contributed by atoms with E-state index in [1.807, 2.05) is 6.07 Å². The zero-order valence-electron chi connectivity index (χ0n) is 8.19. The Morgan fingerprint density at radius 1 is 1.36 bits per heavy atom. The van der Waals surface area contributed by atoms with Crippen LogP contribution in [0.15, 0.2) is 30.3 Å². The smallest absolute Gasteiger partial charge is 0.108 e. The van der Waals surface area contributed by atoms with Crippen molar-refractivity contribution in [3.8, 4) is 0 Å². The summed E-state index contributed by atoms with van der Waals surface area (Å²) in [6.45, 7) is 3.80. The molecule has 2 unspecified atom stereocenters. The Morgan fingerprint density at radius 2 is 2.07 bits per heavy atom. The molecule has 76 valence electrons. The summed E-state index contributed by atoms with van der Waals surface area (Å²) in [5, 5.41) is 0. The number of ether oxygens (including phenoxy) is 1. The highest BCUT2D eigenvalue weighted by Crippen LogP contribution is 2.24. The lowest BCUT2D eigenvalue weighted by Crippen LogP contribution is -2.45. The van der Waals surface area contributed by atoms with Crippen molar-refractivity contribution >= 4 is 21.6 Å². The van der Waals surface area contributed by atoms with Crippen LogP contribution in [0.1, 0.15) is 6.92 Å². The Morgan fingerprint density at radius 3 is 2.79 bits per heavy atom.